The van der Waals surface area contributed by atoms with Crippen molar-refractivity contribution in [3.05, 3.63) is 15.0 Å². The second kappa shape index (κ2) is 3.18. The zero-order valence-electron chi connectivity index (χ0n) is 4.98. The molecule has 0 amide bonds. The first-order chi connectivity index (χ1) is 4.97. The van der Waals surface area contributed by atoms with Crippen molar-refractivity contribution in [2.45, 2.75) is 6.36 Å². The lowest BCUT2D eigenvalue weighted by molar-refractivity contribution is -0.273. The van der Waals surface area contributed by atoms with E-state index in [2.05, 4.69) is 4.74 Å². The van der Waals surface area contributed by atoms with Gasteiger partial charge in [0.1, 0.15) is 0 Å². The molecule has 1 aromatic rings. The van der Waals surface area contributed by atoms with Gasteiger partial charge in [-0.25, -0.2) is 0 Å². The van der Waals surface area contributed by atoms with E-state index in [1.54, 1.807) is 6.07 Å². The second-order valence-electron chi connectivity index (χ2n) is 1.61. The van der Waals surface area contributed by atoms with Crippen LogP contribution in [0.3, 0.4) is 0 Å². The molecule has 0 fully saturated rings. The summed E-state index contributed by atoms with van der Waals surface area (Å²) in [4.78, 5) is 0. The summed E-state index contributed by atoms with van der Waals surface area (Å²) in [5.74, 6) is 0. The Morgan fingerprint density at radius 3 is 2.36 bits per heavy atom. The molecule has 0 radical (unpaired) electrons. The van der Waals surface area contributed by atoms with E-state index in [0.717, 1.165) is 14.2 Å². The molecular formula is C5H2F3IOS. The molecule has 1 nitrogen and oxygen atoms in total. The number of hydrogen-bond donors (Lipinski definition) is 0. The largest absolute Gasteiger partial charge is 0.573 e. The van der Waals surface area contributed by atoms with E-state index in [1.165, 1.54) is 6.07 Å². The average molecular weight is 294 g/mol. The van der Waals surface area contributed by atoms with E-state index in [1.807, 2.05) is 22.6 Å². The first-order valence-corrected chi connectivity index (χ1v) is 4.38. The lowest BCUT2D eigenvalue weighted by Gasteiger charge is -2.04. The summed E-state index contributed by atoms with van der Waals surface area (Å²) in [6, 6.07) is 2.85. The van der Waals surface area contributed by atoms with Crippen LogP contribution in [0.1, 0.15) is 0 Å². The first-order valence-electron chi connectivity index (χ1n) is 2.48. The quantitative estimate of drug-likeness (QED) is 0.722. The molecule has 0 saturated carbocycles. The fourth-order valence-electron chi connectivity index (χ4n) is 0.467. The fraction of sp³-hybridized carbons (Fsp3) is 0.200. The standard InChI is InChI=1S/C5H2F3IOS/c6-5(7,8)10-4-2-1-3(9)11-4/h1-2H. The minimum absolute atomic E-state index is 0.123. The van der Waals surface area contributed by atoms with Gasteiger partial charge in [0.2, 0.25) is 0 Å². The third kappa shape index (κ3) is 3.28. The number of alkyl halides is 3. The van der Waals surface area contributed by atoms with E-state index >= 15 is 0 Å². The van der Waals surface area contributed by atoms with Crippen LogP contribution in [-0.2, 0) is 0 Å². The lowest BCUT2D eigenvalue weighted by Crippen LogP contribution is -2.16. The van der Waals surface area contributed by atoms with Gasteiger partial charge in [-0.05, 0) is 34.7 Å². The van der Waals surface area contributed by atoms with E-state index in [-0.39, 0.29) is 5.06 Å². The molecule has 62 valence electrons. The van der Waals surface area contributed by atoms with Crippen molar-refractivity contribution in [3.8, 4) is 5.06 Å². The zero-order chi connectivity index (χ0) is 8.48. The zero-order valence-corrected chi connectivity index (χ0v) is 7.96. The van der Waals surface area contributed by atoms with Crippen molar-refractivity contribution in [3.63, 3.8) is 0 Å². The smallest absolute Gasteiger partial charge is 0.396 e. The summed E-state index contributed by atoms with van der Waals surface area (Å²) in [6.07, 6.45) is -4.58. The highest BCUT2D eigenvalue weighted by Crippen LogP contribution is 2.30. The van der Waals surface area contributed by atoms with Crippen LogP contribution < -0.4 is 4.74 Å². The number of hydrogen-bond acceptors (Lipinski definition) is 2. The molecular weight excluding hydrogens is 292 g/mol. The first kappa shape index (κ1) is 9.11. The van der Waals surface area contributed by atoms with Crippen LogP contribution >= 0.6 is 33.9 Å². The topological polar surface area (TPSA) is 9.23 Å². The summed E-state index contributed by atoms with van der Waals surface area (Å²) in [5.41, 5.74) is 0. The summed E-state index contributed by atoms with van der Waals surface area (Å²) >= 11 is 2.88. The molecule has 0 N–H and O–H groups in total. The van der Waals surface area contributed by atoms with Crippen LogP contribution in [0.4, 0.5) is 13.2 Å². The maximum absolute atomic E-state index is 11.5. The highest BCUT2D eigenvalue weighted by atomic mass is 127. The summed E-state index contributed by atoms with van der Waals surface area (Å²) < 4.78 is 39.0. The highest BCUT2D eigenvalue weighted by Gasteiger charge is 2.31. The van der Waals surface area contributed by atoms with Crippen LogP contribution in [-0.4, -0.2) is 6.36 Å². The van der Waals surface area contributed by atoms with Crippen LogP contribution in [0, 0.1) is 2.88 Å². The number of ether oxygens (including phenoxy) is 1. The Kier molecular flexibility index (Phi) is 2.63. The molecule has 0 spiro atoms. The van der Waals surface area contributed by atoms with Crippen molar-refractivity contribution >= 4 is 33.9 Å². The van der Waals surface area contributed by atoms with Gasteiger partial charge in [-0.15, -0.1) is 13.2 Å². The van der Waals surface area contributed by atoms with Gasteiger partial charge in [-0.3, -0.25) is 0 Å². The number of rotatable bonds is 1. The lowest BCUT2D eigenvalue weighted by atomic mass is 10.7. The van der Waals surface area contributed by atoms with Gasteiger partial charge < -0.3 is 4.74 Å². The summed E-state index contributed by atoms with van der Waals surface area (Å²) in [5, 5.41) is -0.123. The molecule has 0 aliphatic heterocycles. The van der Waals surface area contributed by atoms with Gasteiger partial charge in [0.15, 0.2) is 5.06 Å². The Balaban J connectivity index is 2.65. The number of thiophene rings is 1. The molecule has 0 aliphatic rings. The van der Waals surface area contributed by atoms with Crippen molar-refractivity contribution < 1.29 is 17.9 Å². The molecule has 0 atom stereocenters. The average Bonchev–Trinajstić information content (AvgIpc) is 2.10. The normalized spacial score (nSPS) is 11.6. The fourth-order valence-corrected chi connectivity index (χ4v) is 1.90. The van der Waals surface area contributed by atoms with E-state index in [0.29, 0.717) is 0 Å². The second-order valence-corrected chi connectivity index (χ2v) is 4.55. The molecule has 0 bridgehead atoms. The number of halogens is 4. The summed E-state index contributed by atoms with van der Waals surface area (Å²) in [7, 11) is 0. The van der Waals surface area contributed by atoms with Gasteiger partial charge in [0.05, 0.1) is 2.88 Å². The monoisotopic (exact) mass is 294 g/mol. The molecule has 6 heteroatoms. The molecule has 1 heterocycles. The van der Waals surface area contributed by atoms with Crippen molar-refractivity contribution in [2.75, 3.05) is 0 Å². The Morgan fingerprint density at radius 1 is 1.36 bits per heavy atom. The Bertz CT molecular complexity index is 244. The molecule has 1 aromatic heterocycles. The van der Waals surface area contributed by atoms with E-state index in [4.69, 9.17) is 0 Å². The van der Waals surface area contributed by atoms with Crippen molar-refractivity contribution in [1.82, 2.24) is 0 Å². The van der Waals surface area contributed by atoms with Crippen LogP contribution in [0.15, 0.2) is 12.1 Å². The van der Waals surface area contributed by atoms with Gasteiger partial charge in [0.25, 0.3) is 0 Å². The summed E-state index contributed by atoms with van der Waals surface area (Å²) in [6.45, 7) is 0. The van der Waals surface area contributed by atoms with Gasteiger partial charge in [-0.2, -0.15) is 0 Å². The molecule has 0 aromatic carbocycles. The molecule has 11 heavy (non-hydrogen) atoms. The minimum atomic E-state index is -4.58. The minimum Gasteiger partial charge on any atom is -0.396 e. The van der Waals surface area contributed by atoms with Crippen molar-refractivity contribution in [1.29, 1.82) is 0 Å². The molecule has 1 rings (SSSR count). The van der Waals surface area contributed by atoms with E-state index in [9.17, 15) is 13.2 Å². The maximum Gasteiger partial charge on any atom is 0.573 e. The predicted molar refractivity (Wildman–Crippen MR) is 43.7 cm³/mol. The maximum atomic E-state index is 11.5. The van der Waals surface area contributed by atoms with Gasteiger partial charge in [0, 0.05) is 0 Å². The van der Waals surface area contributed by atoms with Crippen molar-refractivity contribution in [2.24, 2.45) is 0 Å². The molecule has 0 saturated heterocycles. The van der Waals surface area contributed by atoms with Crippen LogP contribution in [0.2, 0.25) is 0 Å². The highest BCUT2D eigenvalue weighted by molar-refractivity contribution is 14.1. The van der Waals surface area contributed by atoms with E-state index < -0.39 is 6.36 Å². The third-order valence-electron chi connectivity index (χ3n) is 0.765. The SMILES string of the molecule is FC(F)(F)Oc1ccc(I)s1. The van der Waals surface area contributed by atoms with Gasteiger partial charge >= 0.3 is 6.36 Å². The predicted octanol–water partition coefficient (Wildman–Crippen LogP) is 3.25. The molecule has 0 aliphatic carbocycles. The van der Waals surface area contributed by atoms with Crippen LogP contribution in [0.5, 0.6) is 5.06 Å². The Hall–Kier alpha value is 0.0200. The Labute approximate surface area is 78.3 Å². The Morgan fingerprint density at radius 2 is 2.00 bits per heavy atom. The molecule has 0 unspecified atom stereocenters. The van der Waals surface area contributed by atoms with Gasteiger partial charge in [-0.1, -0.05) is 11.3 Å². The van der Waals surface area contributed by atoms with Crippen LogP contribution in [0.25, 0.3) is 0 Å². The third-order valence-corrected chi connectivity index (χ3v) is 2.54.